The Labute approximate surface area is 128 Å². The van der Waals surface area contributed by atoms with Crippen molar-refractivity contribution in [2.24, 2.45) is 0 Å². The van der Waals surface area contributed by atoms with E-state index in [2.05, 4.69) is 38.7 Å². The highest BCUT2D eigenvalue weighted by atomic mass is 79.9. The Morgan fingerprint density at radius 2 is 2.05 bits per heavy atom. The van der Waals surface area contributed by atoms with Gasteiger partial charge in [-0.15, -0.1) is 0 Å². The zero-order valence-electron chi connectivity index (χ0n) is 11.6. The first-order valence-corrected chi connectivity index (χ1v) is 7.73. The van der Waals surface area contributed by atoms with Crippen LogP contribution in [0.1, 0.15) is 18.9 Å². The van der Waals surface area contributed by atoms with E-state index in [9.17, 15) is 4.39 Å². The fourth-order valence-electron chi connectivity index (χ4n) is 2.56. The molecular formula is C15H19BrFN3. The number of hydrogen-bond acceptors (Lipinski definition) is 3. The minimum Gasteiger partial charge on any atom is -0.297 e. The zero-order valence-corrected chi connectivity index (χ0v) is 13.2. The third-order valence-corrected chi connectivity index (χ3v) is 4.38. The van der Waals surface area contributed by atoms with Gasteiger partial charge < -0.3 is 0 Å². The van der Waals surface area contributed by atoms with E-state index in [1.165, 1.54) is 6.07 Å². The summed E-state index contributed by atoms with van der Waals surface area (Å²) >= 11 is 3.22. The highest BCUT2D eigenvalue weighted by molar-refractivity contribution is 9.10. The van der Waals surface area contributed by atoms with Gasteiger partial charge in [-0.3, -0.25) is 9.80 Å². The molecule has 20 heavy (non-hydrogen) atoms. The molecule has 0 aliphatic carbocycles. The van der Waals surface area contributed by atoms with Crippen LogP contribution in [0.5, 0.6) is 0 Å². The Hall–Kier alpha value is -0.960. The van der Waals surface area contributed by atoms with Crippen LogP contribution in [0.4, 0.5) is 4.39 Å². The van der Waals surface area contributed by atoms with Gasteiger partial charge in [-0.25, -0.2) is 4.39 Å². The van der Waals surface area contributed by atoms with Crippen molar-refractivity contribution in [3.8, 4) is 6.07 Å². The van der Waals surface area contributed by atoms with Crippen molar-refractivity contribution in [2.75, 3.05) is 26.2 Å². The minimum absolute atomic E-state index is 0.0390. The second-order valence-electron chi connectivity index (χ2n) is 5.11. The molecule has 1 aliphatic rings. The second kappa shape index (κ2) is 7.16. The Morgan fingerprint density at radius 1 is 1.35 bits per heavy atom. The molecule has 2 rings (SSSR count). The first kappa shape index (κ1) is 15.4. The van der Waals surface area contributed by atoms with Gasteiger partial charge in [0.2, 0.25) is 0 Å². The Kier molecular flexibility index (Phi) is 5.53. The quantitative estimate of drug-likeness (QED) is 0.844. The van der Waals surface area contributed by atoms with Crippen LogP contribution in [-0.4, -0.2) is 42.0 Å². The average Bonchev–Trinajstić information content (AvgIpc) is 2.46. The first-order valence-electron chi connectivity index (χ1n) is 6.94. The maximum Gasteiger partial charge on any atom is 0.137 e. The van der Waals surface area contributed by atoms with Crippen LogP contribution in [-0.2, 0) is 6.54 Å². The van der Waals surface area contributed by atoms with E-state index in [4.69, 9.17) is 5.26 Å². The van der Waals surface area contributed by atoms with Crippen molar-refractivity contribution >= 4 is 15.9 Å². The standard InChI is InChI=1S/C15H19BrFN3/c1-2-13(10-18)20-7-5-19(6-8-20)11-12-3-4-15(17)14(16)9-12/h3-4,9,13H,2,5-8,11H2,1H3. The molecule has 1 atom stereocenters. The summed E-state index contributed by atoms with van der Waals surface area (Å²) in [6, 6.07) is 7.57. The Balaban J connectivity index is 1.88. The van der Waals surface area contributed by atoms with Crippen LogP contribution in [0, 0.1) is 17.1 Å². The van der Waals surface area contributed by atoms with Gasteiger partial charge in [0.15, 0.2) is 0 Å². The molecule has 0 N–H and O–H groups in total. The third kappa shape index (κ3) is 3.78. The van der Waals surface area contributed by atoms with E-state index in [1.54, 1.807) is 0 Å². The fourth-order valence-corrected chi connectivity index (χ4v) is 2.99. The molecule has 3 nitrogen and oxygen atoms in total. The molecule has 1 saturated heterocycles. The predicted molar refractivity (Wildman–Crippen MR) is 80.6 cm³/mol. The summed E-state index contributed by atoms with van der Waals surface area (Å²) in [5, 5.41) is 9.09. The van der Waals surface area contributed by atoms with E-state index in [-0.39, 0.29) is 11.9 Å². The van der Waals surface area contributed by atoms with Gasteiger partial charge in [-0.05, 0) is 40.0 Å². The van der Waals surface area contributed by atoms with Crippen molar-refractivity contribution in [2.45, 2.75) is 25.9 Å². The summed E-state index contributed by atoms with van der Waals surface area (Å²) < 4.78 is 13.7. The summed E-state index contributed by atoms with van der Waals surface area (Å²) in [7, 11) is 0. The predicted octanol–water partition coefficient (Wildman–Crippen LogP) is 3.01. The summed E-state index contributed by atoms with van der Waals surface area (Å²) in [5.74, 6) is -0.224. The van der Waals surface area contributed by atoms with Gasteiger partial charge in [-0.1, -0.05) is 13.0 Å². The molecule has 1 heterocycles. The SMILES string of the molecule is CCC(C#N)N1CCN(Cc2ccc(F)c(Br)c2)CC1. The Bertz CT molecular complexity index is 492. The van der Waals surface area contributed by atoms with Gasteiger partial charge >= 0.3 is 0 Å². The number of halogens is 2. The summed E-state index contributed by atoms with van der Waals surface area (Å²) in [5.41, 5.74) is 1.11. The summed E-state index contributed by atoms with van der Waals surface area (Å²) in [6.45, 7) is 6.63. The fraction of sp³-hybridized carbons (Fsp3) is 0.533. The lowest BCUT2D eigenvalue weighted by atomic mass is 10.1. The topological polar surface area (TPSA) is 30.3 Å². The molecule has 1 unspecified atom stereocenters. The van der Waals surface area contributed by atoms with Crippen molar-refractivity contribution in [3.05, 3.63) is 34.1 Å². The van der Waals surface area contributed by atoms with Crippen LogP contribution in [0.2, 0.25) is 0 Å². The third-order valence-electron chi connectivity index (χ3n) is 3.77. The molecule has 108 valence electrons. The van der Waals surface area contributed by atoms with Crippen molar-refractivity contribution in [1.29, 1.82) is 5.26 Å². The molecule has 1 aromatic rings. The molecule has 1 aliphatic heterocycles. The van der Waals surface area contributed by atoms with Crippen LogP contribution in [0.15, 0.2) is 22.7 Å². The molecular weight excluding hydrogens is 321 g/mol. The number of rotatable bonds is 4. The van der Waals surface area contributed by atoms with Gasteiger partial charge in [0.1, 0.15) is 5.82 Å². The average molecular weight is 340 g/mol. The molecule has 1 fully saturated rings. The van der Waals surface area contributed by atoms with Crippen LogP contribution in [0.25, 0.3) is 0 Å². The normalized spacial score (nSPS) is 18.7. The lowest BCUT2D eigenvalue weighted by molar-refractivity contribution is 0.108. The van der Waals surface area contributed by atoms with Crippen LogP contribution in [0.3, 0.4) is 0 Å². The van der Waals surface area contributed by atoms with Crippen molar-refractivity contribution < 1.29 is 4.39 Å². The highest BCUT2D eigenvalue weighted by Gasteiger charge is 2.22. The summed E-state index contributed by atoms with van der Waals surface area (Å²) in [4.78, 5) is 4.59. The summed E-state index contributed by atoms with van der Waals surface area (Å²) in [6.07, 6.45) is 0.876. The van der Waals surface area contributed by atoms with Crippen molar-refractivity contribution in [1.82, 2.24) is 9.80 Å². The van der Waals surface area contributed by atoms with E-state index in [1.807, 2.05) is 12.1 Å². The molecule has 5 heteroatoms. The molecule has 0 radical (unpaired) electrons. The molecule has 0 bridgehead atoms. The van der Waals surface area contributed by atoms with Crippen LogP contribution < -0.4 is 0 Å². The largest absolute Gasteiger partial charge is 0.297 e. The number of nitrogens with zero attached hydrogens (tertiary/aromatic N) is 3. The Morgan fingerprint density at radius 3 is 2.60 bits per heavy atom. The smallest absolute Gasteiger partial charge is 0.137 e. The number of hydrogen-bond donors (Lipinski definition) is 0. The molecule has 0 amide bonds. The minimum atomic E-state index is -0.224. The molecule has 0 saturated carbocycles. The lowest BCUT2D eigenvalue weighted by Crippen LogP contribution is -2.49. The van der Waals surface area contributed by atoms with E-state index in [0.717, 1.165) is 44.7 Å². The van der Waals surface area contributed by atoms with E-state index >= 15 is 0 Å². The second-order valence-corrected chi connectivity index (χ2v) is 5.97. The number of piperazine rings is 1. The van der Waals surface area contributed by atoms with Crippen molar-refractivity contribution in [3.63, 3.8) is 0 Å². The first-order chi connectivity index (χ1) is 9.63. The molecule has 1 aromatic carbocycles. The molecule has 0 spiro atoms. The maximum absolute atomic E-state index is 13.2. The number of nitriles is 1. The molecule has 0 aromatic heterocycles. The number of benzene rings is 1. The monoisotopic (exact) mass is 339 g/mol. The van der Waals surface area contributed by atoms with Gasteiger partial charge in [0.25, 0.3) is 0 Å². The van der Waals surface area contributed by atoms with E-state index in [0.29, 0.717) is 4.47 Å². The zero-order chi connectivity index (χ0) is 14.5. The highest BCUT2D eigenvalue weighted by Crippen LogP contribution is 2.19. The van der Waals surface area contributed by atoms with E-state index < -0.39 is 0 Å². The van der Waals surface area contributed by atoms with Crippen LogP contribution >= 0.6 is 15.9 Å². The van der Waals surface area contributed by atoms with Gasteiger partial charge in [0.05, 0.1) is 16.6 Å². The van der Waals surface area contributed by atoms with Gasteiger partial charge in [-0.2, -0.15) is 5.26 Å². The lowest BCUT2D eigenvalue weighted by Gasteiger charge is -2.36. The van der Waals surface area contributed by atoms with Gasteiger partial charge in [0, 0.05) is 32.7 Å². The maximum atomic E-state index is 13.2.